The van der Waals surface area contributed by atoms with Gasteiger partial charge in [-0.15, -0.1) is 0 Å². The van der Waals surface area contributed by atoms with Gasteiger partial charge in [0.25, 0.3) is 10.0 Å². The molecule has 4 aromatic rings. The zero-order valence-corrected chi connectivity index (χ0v) is 26.3. The molecule has 1 atom stereocenters. The molecule has 0 aliphatic carbocycles. The summed E-state index contributed by atoms with van der Waals surface area (Å²) in [6.45, 7) is 5.20. The van der Waals surface area contributed by atoms with Crippen LogP contribution in [0, 0.1) is 20.8 Å². The maximum Gasteiger partial charge on any atom is 0.264 e. The van der Waals surface area contributed by atoms with Crippen molar-refractivity contribution in [2.45, 2.75) is 44.7 Å². The smallest absolute Gasteiger partial charge is 0.264 e. The minimum Gasteiger partial charge on any atom is -0.357 e. The Morgan fingerprint density at radius 3 is 2.12 bits per heavy atom. The van der Waals surface area contributed by atoms with Gasteiger partial charge >= 0.3 is 0 Å². The maximum atomic E-state index is 14.4. The number of sulfonamides is 1. The molecule has 43 heavy (non-hydrogen) atoms. The summed E-state index contributed by atoms with van der Waals surface area (Å²) in [6.07, 6.45) is 0.249. The molecule has 0 aliphatic heterocycles. The number of rotatable bonds is 11. The van der Waals surface area contributed by atoms with E-state index in [9.17, 15) is 18.0 Å². The quantitative estimate of drug-likeness (QED) is 0.229. The van der Waals surface area contributed by atoms with Crippen LogP contribution < -0.4 is 9.62 Å². The molecule has 0 bridgehead atoms. The summed E-state index contributed by atoms with van der Waals surface area (Å²) in [5.74, 6) is -0.878. The lowest BCUT2D eigenvalue weighted by Crippen LogP contribution is -2.53. The highest BCUT2D eigenvalue weighted by Gasteiger charge is 2.34. The monoisotopic (exact) mass is 617 g/mol. The number of amides is 2. The van der Waals surface area contributed by atoms with Crippen molar-refractivity contribution in [1.29, 1.82) is 0 Å². The molecule has 7 nitrogen and oxygen atoms in total. The lowest BCUT2D eigenvalue weighted by Gasteiger charge is -2.34. The number of halogens is 1. The zero-order valence-electron chi connectivity index (χ0n) is 24.7. The molecule has 0 unspecified atom stereocenters. The summed E-state index contributed by atoms with van der Waals surface area (Å²) < 4.78 is 29.3. The van der Waals surface area contributed by atoms with Crippen LogP contribution >= 0.6 is 11.6 Å². The number of nitrogens with one attached hydrogen (secondary N) is 1. The van der Waals surface area contributed by atoms with Crippen LogP contribution in [0.4, 0.5) is 5.69 Å². The van der Waals surface area contributed by atoms with Gasteiger partial charge in [-0.3, -0.25) is 13.9 Å². The van der Waals surface area contributed by atoms with Gasteiger partial charge < -0.3 is 10.2 Å². The Kier molecular flexibility index (Phi) is 10.3. The van der Waals surface area contributed by atoms with Gasteiger partial charge in [0.05, 0.1) is 10.6 Å². The van der Waals surface area contributed by atoms with Crippen molar-refractivity contribution in [1.82, 2.24) is 10.2 Å². The van der Waals surface area contributed by atoms with E-state index in [0.29, 0.717) is 5.02 Å². The lowest BCUT2D eigenvalue weighted by atomic mass is 10.0. The molecule has 1 N–H and O–H groups in total. The molecular weight excluding hydrogens is 582 g/mol. The van der Waals surface area contributed by atoms with Crippen LogP contribution in [0.25, 0.3) is 0 Å². The first-order valence-corrected chi connectivity index (χ1v) is 15.8. The van der Waals surface area contributed by atoms with E-state index in [2.05, 4.69) is 5.32 Å². The van der Waals surface area contributed by atoms with Crippen molar-refractivity contribution in [3.8, 4) is 0 Å². The summed E-state index contributed by atoms with van der Waals surface area (Å²) in [7, 11) is -2.67. The topological polar surface area (TPSA) is 86.8 Å². The summed E-state index contributed by atoms with van der Waals surface area (Å²) in [5, 5.41) is 3.07. The Labute approximate surface area is 259 Å². The van der Waals surface area contributed by atoms with Crippen LogP contribution in [-0.4, -0.2) is 44.8 Å². The van der Waals surface area contributed by atoms with Crippen LogP contribution in [0.15, 0.2) is 102 Å². The van der Waals surface area contributed by atoms with Crippen molar-refractivity contribution in [2.24, 2.45) is 0 Å². The van der Waals surface area contributed by atoms with Crippen molar-refractivity contribution < 1.29 is 18.0 Å². The summed E-state index contributed by atoms with van der Waals surface area (Å²) in [6, 6.07) is 27.5. The second kappa shape index (κ2) is 13.9. The highest BCUT2D eigenvalue weighted by molar-refractivity contribution is 7.92. The average Bonchev–Trinajstić information content (AvgIpc) is 3.00. The van der Waals surface area contributed by atoms with Crippen molar-refractivity contribution in [2.75, 3.05) is 17.9 Å². The Hall–Kier alpha value is -4.14. The Balaban J connectivity index is 1.81. The van der Waals surface area contributed by atoms with Crippen LogP contribution in [0.2, 0.25) is 5.02 Å². The predicted molar refractivity (Wildman–Crippen MR) is 172 cm³/mol. The molecular formula is C34H36ClN3O4S. The van der Waals surface area contributed by atoms with Gasteiger partial charge in [0.1, 0.15) is 12.6 Å². The van der Waals surface area contributed by atoms with Gasteiger partial charge in [0.2, 0.25) is 11.8 Å². The van der Waals surface area contributed by atoms with Gasteiger partial charge in [-0.1, -0.05) is 90.0 Å². The molecule has 0 heterocycles. The third-order valence-electron chi connectivity index (χ3n) is 7.45. The molecule has 0 fully saturated rings. The molecule has 4 rings (SSSR count). The number of hydrogen-bond acceptors (Lipinski definition) is 4. The maximum absolute atomic E-state index is 14.4. The molecule has 0 saturated heterocycles. The lowest BCUT2D eigenvalue weighted by molar-refractivity contribution is -0.139. The van der Waals surface area contributed by atoms with E-state index in [-0.39, 0.29) is 29.5 Å². The minimum atomic E-state index is -4.19. The number of carbonyl (C=O) groups is 2. The largest absolute Gasteiger partial charge is 0.357 e. The van der Waals surface area contributed by atoms with E-state index in [1.54, 1.807) is 30.3 Å². The number of anilines is 1. The summed E-state index contributed by atoms with van der Waals surface area (Å²) in [4.78, 5) is 29.3. The van der Waals surface area contributed by atoms with Gasteiger partial charge in [0, 0.05) is 25.0 Å². The second-order valence-corrected chi connectivity index (χ2v) is 12.8. The molecule has 0 radical (unpaired) electrons. The molecule has 9 heteroatoms. The molecule has 224 valence electrons. The van der Waals surface area contributed by atoms with E-state index < -0.39 is 28.5 Å². The number of nitrogens with zero attached hydrogens (tertiary/aromatic N) is 2. The standard InChI is InChI=1S/C34H36ClN3O4S/c1-24-14-18-30(19-15-24)43(41,42)38(29-17-16-26(3)31(35)21-29)23-33(39)37(22-28-13-9-8-10-25(28)2)32(34(40)36-4)20-27-11-6-5-7-12-27/h5-19,21,32H,20,22-23H2,1-4H3,(H,36,40)/t32-/m0/s1. The zero-order chi connectivity index (χ0) is 31.1. The molecule has 0 aromatic heterocycles. The minimum absolute atomic E-state index is 0.0418. The first kappa shape index (κ1) is 31.8. The first-order chi connectivity index (χ1) is 20.5. The molecule has 4 aromatic carbocycles. The second-order valence-electron chi connectivity index (χ2n) is 10.5. The Morgan fingerprint density at radius 2 is 1.49 bits per heavy atom. The van der Waals surface area contributed by atoms with Gasteiger partial charge in [0.15, 0.2) is 0 Å². The fourth-order valence-corrected chi connectivity index (χ4v) is 6.38. The normalized spacial score (nSPS) is 11.9. The van der Waals surface area contributed by atoms with Crippen LogP contribution in [0.5, 0.6) is 0 Å². The fraction of sp³-hybridized carbons (Fsp3) is 0.235. The number of likely N-dealkylation sites (N-methyl/N-ethyl adjacent to an activating group) is 1. The highest BCUT2D eigenvalue weighted by atomic mass is 35.5. The summed E-state index contributed by atoms with van der Waals surface area (Å²) >= 11 is 6.43. The van der Waals surface area contributed by atoms with E-state index in [0.717, 1.165) is 32.1 Å². The van der Waals surface area contributed by atoms with Crippen molar-refractivity contribution in [3.05, 3.63) is 130 Å². The van der Waals surface area contributed by atoms with Crippen LogP contribution in [0.1, 0.15) is 27.8 Å². The van der Waals surface area contributed by atoms with Crippen LogP contribution in [0.3, 0.4) is 0 Å². The first-order valence-electron chi connectivity index (χ1n) is 14.0. The molecule has 0 spiro atoms. The number of carbonyl (C=O) groups excluding carboxylic acids is 2. The van der Waals surface area contributed by atoms with E-state index >= 15 is 0 Å². The molecule has 0 saturated carbocycles. The fourth-order valence-electron chi connectivity index (χ4n) is 4.79. The third-order valence-corrected chi connectivity index (χ3v) is 9.65. The highest BCUT2D eigenvalue weighted by Crippen LogP contribution is 2.29. The van der Waals surface area contributed by atoms with Gasteiger partial charge in [-0.2, -0.15) is 0 Å². The number of hydrogen-bond donors (Lipinski definition) is 1. The van der Waals surface area contributed by atoms with Crippen molar-refractivity contribution >= 4 is 39.1 Å². The van der Waals surface area contributed by atoms with E-state index in [1.165, 1.54) is 24.1 Å². The van der Waals surface area contributed by atoms with E-state index in [4.69, 9.17) is 11.6 Å². The van der Waals surface area contributed by atoms with Gasteiger partial charge in [-0.05, 0) is 67.3 Å². The predicted octanol–water partition coefficient (Wildman–Crippen LogP) is 5.85. The summed E-state index contributed by atoms with van der Waals surface area (Å²) in [5.41, 5.74) is 4.59. The van der Waals surface area contributed by atoms with Crippen molar-refractivity contribution in [3.63, 3.8) is 0 Å². The van der Waals surface area contributed by atoms with E-state index in [1.807, 2.05) is 75.4 Å². The molecule has 0 aliphatic rings. The average molecular weight is 618 g/mol. The molecule has 2 amide bonds. The number of aryl methyl sites for hydroxylation is 3. The van der Waals surface area contributed by atoms with Crippen LogP contribution in [-0.2, 0) is 32.6 Å². The Bertz CT molecular complexity index is 1690. The SMILES string of the molecule is CNC(=O)[C@H](Cc1ccccc1)N(Cc1ccccc1C)C(=O)CN(c1ccc(C)c(Cl)c1)S(=O)(=O)c1ccc(C)cc1. The Morgan fingerprint density at radius 1 is 0.837 bits per heavy atom. The van der Waals surface area contributed by atoms with Gasteiger partial charge in [-0.25, -0.2) is 8.42 Å². The number of benzene rings is 4. The third kappa shape index (κ3) is 7.63.